The lowest BCUT2D eigenvalue weighted by molar-refractivity contribution is 0.0161. The molecule has 2 aliphatic heterocycles. The normalized spacial score (nSPS) is 23.0. The Bertz CT molecular complexity index is 742. The van der Waals surface area contributed by atoms with Gasteiger partial charge in [0.05, 0.1) is 7.11 Å². The fourth-order valence-corrected chi connectivity index (χ4v) is 5.14. The first kappa shape index (κ1) is 20.4. The molecule has 29 heavy (non-hydrogen) atoms. The predicted octanol–water partition coefficient (Wildman–Crippen LogP) is 3.94. The summed E-state index contributed by atoms with van der Waals surface area (Å²) in [5, 5.41) is 3.54. The van der Waals surface area contributed by atoms with Crippen molar-refractivity contribution in [3.05, 3.63) is 65.7 Å². The number of piperidine rings is 1. The molecule has 0 spiro atoms. The second-order valence-electron chi connectivity index (χ2n) is 8.61. The number of methoxy groups -OCH3 is 1. The van der Waals surface area contributed by atoms with Gasteiger partial charge in [-0.15, -0.1) is 0 Å². The topological polar surface area (TPSA) is 27.7 Å². The standard InChI is InChI=1S/C25H35N3O/c1-20-18-27(19-21-8-10-24(29-2)11-9-21)16-17-28(20)25(22-6-4-3-5-7-22)23-12-14-26-15-13-23/h3-11,20,23,25-26H,12-19H2,1-2H3. The molecule has 0 saturated carbocycles. The average molecular weight is 394 g/mol. The SMILES string of the molecule is COc1ccc(CN2CCN(C(c3ccccc3)C3CCNCC3)C(C)C2)cc1. The van der Waals surface area contributed by atoms with Gasteiger partial charge in [-0.2, -0.15) is 0 Å². The molecule has 2 atom stereocenters. The Kier molecular flexibility index (Phi) is 6.86. The van der Waals surface area contributed by atoms with E-state index in [1.54, 1.807) is 7.11 Å². The van der Waals surface area contributed by atoms with Crippen LogP contribution in [0.1, 0.15) is 36.9 Å². The Hall–Kier alpha value is -1.88. The van der Waals surface area contributed by atoms with E-state index in [1.807, 2.05) is 0 Å². The van der Waals surface area contributed by atoms with Crippen LogP contribution in [0.15, 0.2) is 54.6 Å². The molecule has 2 aliphatic rings. The third kappa shape index (κ3) is 5.00. The van der Waals surface area contributed by atoms with Gasteiger partial charge in [0, 0.05) is 38.3 Å². The van der Waals surface area contributed by atoms with Crippen LogP contribution in [0.5, 0.6) is 5.75 Å². The van der Waals surface area contributed by atoms with E-state index in [9.17, 15) is 0 Å². The van der Waals surface area contributed by atoms with E-state index < -0.39 is 0 Å². The number of nitrogens with zero attached hydrogens (tertiary/aromatic N) is 2. The first-order valence-corrected chi connectivity index (χ1v) is 11.1. The highest BCUT2D eigenvalue weighted by atomic mass is 16.5. The third-order valence-electron chi connectivity index (χ3n) is 6.66. The Morgan fingerprint density at radius 2 is 1.72 bits per heavy atom. The summed E-state index contributed by atoms with van der Waals surface area (Å²) in [6.07, 6.45) is 2.55. The second kappa shape index (κ2) is 9.75. The van der Waals surface area contributed by atoms with Crippen molar-refractivity contribution in [1.29, 1.82) is 0 Å². The summed E-state index contributed by atoms with van der Waals surface area (Å²) in [5.74, 6) is 1.67. The highest BCUT2D eigenvalue weighted by molar-refractivity contribution is 5.27. The second-order valence-corrected chi connectivity index (χ2v) is 8.61. The monoisotopic (exact) mass is 393 g/mol. The van der Waals surface area contributed by atoms with Gasteiger partial charge in [-0.1, -0.05) is 42.5 Å². The van der Waals surface area contributed by atoms with Crippen LogP contribution in [0.25, 0.3) is 0 Å². The molecule has 0 bridgehead atoms. The number of hydrogen-bond acceptors (Lipinski definition) is 4. The molecule has 2 aromatic carbocycles. The zero-order valence-corrected chi connectivity index (χ0v) is 17.9. The molecule has 4 rings (SSSR count). The Balaban J connectivity index is 1.44. The lowest BCUT2D eigenvalue weighted by Gasteiger charge is -2.47. The van der Waals surface area contributed by atoms with Crippen LogP contribution in [0.2, 0.25) is 0 Å². The lowest BCUT2D eigenvalue weighted by Crippen LogP contribution is -2.54. The molecule has 2 unspecified atom stereocenters. The van der Waals surface area contributed by atoms with Crippen LogP contribution in [0.4, 0.5) is 0 Å². The van der Waals surface area contributed by atoms with Gasteiger partial charge < -0.3 is 10.1 Å². The van der Waals surface area contributed by atoms with Crippen LogP contribution in [0, 0.1) is 5.92 Å². The van der Waals surface area contributed by atoms with Gasteiger partial charge in [0.1, 0.15) is 5.75 Å². The van der Waals surface area contributed by atoms with Crippen molar-refractivity contribution in [3.8, 4) is 5.75 Å². The molecule has 1 N–H and O–H groups in total. The zero-order valence-electron chi connectivity index (χ0n) is 17.9. The maximum atomic E-state index is 5.29. The molecular weight excluding hydrogens is 358 g/mol. The molecular formula is C25H35N3O. The van der Waals surface area contributed by atoms with Crippen molar-refractivity contribution < 1.29 is 4.74 Å². The maximum Gasteiger partial charge on any atom is 0.118 e. The number of nitrogens with one attached hydrogen (secondary N) is 1. The largest absolute Gasteiger partial charge is 0.497 e. The van der Waals surface area contributed by atoms with Crippen molar-refractivity contribution in [2.75, 3.05) is 39.8 Å². The molecule has 0 aromatic heterocycles. The molecule has 2 fully saturated rings. The van der Waals surface area contributed by atoms with Gasteiger partial charge in [-0.05, 0) is 62.0 Å². The summed E-state index contributed by atoms with van der Waals surface area (Å²) in [6.45, 7) is 9.13. The summed E-state index contributed by atoms with van der Waals surface area (Å²) in [6, 6.07) is 20.8. The summed E-state index contributed by atoms with van der Waals surface area (Å²) < 4.78 is 5.29. The van der Waals surface area contributed by atoms with E-state index in [2.05, 4.69) is 76.6 Å². The zero-order chi connectivity index (χ0) is 20.1. The molecule has 2 saturated heterocycles. The van der Waals surface area contributed by atoms with Crippen molar-refractivity contribution in [1.82, 2.24) is 15.1 Å². The Morgan fingerprint density at radius 3 is 2.38 bits per heavy atom. The highest BCUT2D eigenvalue weighted by Gasteiger charge is 2.35. The van der Waals surface area contributed by atoms with Gasteiger partial charge in [0.25, 0.3) is 0 Å². The summed E-state index contributed by atoms with van der Waals surface area (Å²) in [7, 11) is 1.72. The van der Waals surface area contributed by atoms with Gasteiger partial charge in [0.2, 0.25) is 0 Å². The number of piperazine rings is 1. The highest BCUT2D eigenvalue weighted by Crippen LogP contribution is 2.36. The van der Waals surface area contributed by atoms with Crippen LogP contribution < -0.4 is 10.1 Å². The molecule has 156 valence electrons. The quantitative estimate of drug-likeness (QED) is 0.804. The number of rotatable bonds is 6. The lowest BCUT2D eigenvalue weighted by atomic mass is 9.84. The summed E-state index contributed by atoms with van der Waals surface area (Å²) in [5.41, 5.74) is 2.86. The van der Waals surface area contributed by atoms with Crippen LogP contribution >= 0.6 is 0 Å². The average Bonchev–Trinajstić information content (AvgIpc) is 2.77. The Labute approximate surface area is 175 Å². The van der Waals surface area contributed by atoms with Crippen LogP contribution in [-0.2, 0) is 6.54 Å². The minimum absolute atomic E-state index is 0.538. The van der Waals surface area contributed by atoms with Gasteiger partial charge >= 0.3 is 0 Å². The third-order valence-corrected chi connectivity index (χ3v) is 6.66. The van der Waals surface area contributed by atoms with Crippen LogP contribution in [0.3, 0.4) is 0 Å². The van der Waals surface area contributed by atoms with Gasteiger partial charge in [-0.25, -0.2) is 0 Å². The molecule has 2 aromatic rings. The van der Waals surface area contributed by atoms with E-state index in [4.69, 9.17) is 4.74 Å². The summed E-state index contributed by atoms with van der Waals surface area (Å²) in [4.78, 5) is 5.39. The van der Waals surface area contributed by atoms with E-state index >= 15 is 0 Å². The maximum absolute atomic E-state index is 5.29. The molecule has 0 radical (unpaired) electrons. The number of ether oxygens (including phenoxy) is 1. The first-order valence-electron chi connectivity index (χ1n) is 11.1. The van der Waals surface area contributed by atoms with Gasteiger partial charge in [-0.3, -0.25) is 9.80 Å². The predicted molar refractivity (Wildman–Crippen MR) is 119 cm³/mol. The minimum Gasteiger partial charge on any atom is -0.497 e. The van der Waals surface area contributed by atoms with Crippen molar-refractivity contribution >= 4 is 0 Å². The molecule has 4 heteroatoms. The van der Waals surface area contributed by atoms with Crippen molar-refractivity contribution in [2.24, 2.45) is 5.92 Å². The first-order chi connectivity index (χ1) is 14.2. The molecule has 0 aliphatic carbocycles. The molecule has 0 amide bonds. The Morgan fingerprint density at radius 1 is 1.00 bits per heavy atom. The molecule has 4 nitrogen and oxygen atoms in total. The van der Waals surface area contributed by atoms with Gasteiger partial charge in [0.15, 0.2) is 0 Å². The van der Waals surface area contributed by atoms with Crippen molar-refractivity contribution in [2.45, 2.75) is 38.4 Å². The minimum atomic E-state index is 0.538. The van der Waals surface area contributed by atoms with Crippen LogP contribution in [-0.4, -0.2) is 55.7 Å². The van der Waals surface area contributed by atoms with E-state index in [-0.39, 0.29) is 0 Å². The fraction of sp³-hybridized carbons (Fsp3) is 0.520. The van der Waals surface area contributed by atoms with E-state index in [0.29, 0.717) is 12.1 Å². The molecule has 2 heterocycles. The number of hydrogen-bond donors (Lipinski definition) is 1. The summed E-state index contributed by atoms with van der Waals surface area (Å²) >= 11 is 0. The van der Waals surface area contributed by atoms with Crippen molar-refractivity contribution in [3.63, 3.8) is 0 Å². The smallest absolute Gasteiger partial charge is 0.118 e. The van der Waals surface area contributed by atoms with E-state index in [1.165, 1.54) is 24.0 Å². The fourth-order valence-electron chi connectivity index (χ4n) is 5.14. The van der Waals surface area contributed by atoms with E-state index in [0.717, 1.165) is 50.9 Å². The number of benzene rings is 2.